The molecule has 0 aliphatic heterocycles. The second kappa shape index (κ2) is 6.39. The minimum absolute atomic E-state index is 0.223. The Morgan fingerprint density at radius 2 is 2.17 bits per heavy atom. The summed E-state index contributed by atoms with van der Waals surface area (Å²) in [4.78, 5) is 21.9. The van der Waals surface area contributed by atoms with E-state index in [1.807, 2.05) is 19.1 Å². The molecular formula is C12H14BrNO4. The lowest BCUT2D eigenvalue weighted by Gasteiger charge is -2.11. The first-order valence-electron chi connectivity index (χ1n) is 5.31. The number of amides is 1. The molecule has 0 unspecified atom stereocenters. The van der Waals surface area contributed by atoms with Gasteiger partial charge in [-0.2, -0.15) is 0 Å². The smallest absolute Gasteiger partial charge is 0.325 e. The van der Waals surface area contributed by atoms with Gasteiger partial charge in [-0.15, -0.1) is 0 Å². The zero-order valence-electron chi connectivity index (χ0n) is 10.1. The molecule has 0 aliphatic carbocycles. The number of nitrogens with one attached hydrogen (secondary N) is 1. The molecular weight excluding hydrogens is 302 g/mol. The Labute approximate surface area is 113 Å². The van der Waals surface area contributed by atoms with Crippen LogP contribution in [0.5, 0.6) is 5.75 Å². The van der Waals surface area contributed by atoms with E-state index in [9.17, 15) is 9.59 Å². The predicted octanol–water partition coefficient (Wildman–Crippen LogP) is 1.73. The molecule has 1 rings (SSSR count). The van der Waals surface area contributed by atoms with Gasteiger partial charge in [0.05, 0.1) is 4.47 Å². The van der Waals surface area contributed by atoms with E-state index in [1.54, 1.807) is 6.07 Å². The summed E-state index contributed by atoms with van der Waals surface area (Å²) in [5.74, 6) is -1.02. The lowest BCUT2D eigenvalue weighted by atomic mass is 10.2. The molecule has 0 spiro atoms. The van der Waals surface area contributed by atoms with Crippen LogP contribution in [0.4, 0.5) is 0 Å². The summed E-state index contributed by atoms with van der Waals surface area (Å²) < 4.78 is 6.03. The molecule has 0 saturated carbocycles. The van der Waals surface area contributed by atoms with Crippen molar-refractivity contribution in [2.75, 3.05) is 6.61 Å². The maximum atomic E-state index is 11.4. The Balaban J connectivity index is 2.50. The van der Waals surface area contributed by atoms with Crippen molar-refractivity contribution in [3.63, 3.8) is 0 Å². The van der Waals surface area contributed by atoms with Gasteiger partial charge in [0, 0.05) is 0 Å². The summed E-state index contributed by atoms with van der Waals surface area (Å²) in [6.45, 7) is 3.11. The summed E-state index contributed by atoms with van der Waals surface area (Å²) in [5.41, 5.74) is 1.07. The first-order valence-corrected chi connectivity index (χ1v) is 6.10. The van der Waals surface area contributed by atoms with Crippen molar-refractivity contribution in [3.8, 4) is 5.75 Å². The van der Waals surface area contributed by atoms with Crippen LogP contribution in [0.2, 0.25) is 0 Å². The molecule has 18 heavy (non-hydrogen) atoms. The van der Waals surface area contributed by atoms with E-state index in [1.165, 1.54) is 6.92 Å². The van der Waals surface area contributed by atoms with Gasteiger partial charge in [0.15, 0.2) is 6.61 Å². The maximum absolute atomic E-state index is 11.4. The van der Waals surface area contributed by atoms with Crippen molar-refractivity contribution < 1.29 is 19.4 Å². The molecule has 1 aromatic rings. The van der Waals surface area contributed by atoms with E-state index in [2.05, 4.69) is 21.2 Å². The highest BCUT2D eigenvalue weighted by atomic mass is 79.9. The Bertz CT molecular complexity index is 461. The number of halogens is 1. The number of hydrogen-bond acceptors (Lipinski definition) is 3. The van der Waals surface area contributed by atoms with Crippen molar-refractivity contribution in [3.05, 3.63) is 28.2 Å². The fraction of sp³-hybridized carbons (Fsp3) is 0.333. The van der Waals surface area contributed by atoms with Crippen LogP contribution in [-0.4, -0.2) is 29.6 Å². The second-order valence-corrected chi connectivity index (χ2v) is 4.70. The number of carboxylic acids is 1. The number of ether oxygens (including phenoxy) is 1. The molecule has 2 N–H and O–H groups in total. The monoisotopic (exact) mass is 315 g/mol. The van der Waals surface area contributed by atoms with E-state index in [0.29, 0.717) is 5.75 Å². The number of benzene rings is 1. The molecule has 0 fully saturated rings. The zero-order valence-corrected chi connectivity index (χ0v) is 11.7. The minimum atomic E-state index is -1.08. The van der Waals surface area contributed by atoms with Crippen LogP contribution in [0.25, 0.3) is 0 Å². The Hall–Kier alpha value is -1.56. The standard InChI is InChI=1S/C12H14BrNO4/c1-7-3-4-10(9(13)5-7)18-6-11(15)14-8(2)12(16)17/h3-5,8H,6H2,1-2H3,(H,14,15)(H,16,17)/t8-/m0/s1. The zero-order chi connectivity index (χ0) is 13.7. The Kier molecular flexibility index (Phi) is 5.15. The van der Waals surface area contributed by atoms with Gasteiger partial charge in [0.2, 0.25) is 0 Å². The van der Waals surface area contributed by atoms with Gasteiger partial charge >= 0.3 is 5.97 Å². The van der Waals surface area contributed by atoms with E-state index in [0.717, 1.165) is 10.0 Å². The maximum Gasteiger partial charge on any atom is 0.325 e. The molecule has 0 bridgehead atoms. The Morgan fingerprint density at radius 3 is 2.72 bits per heavy atom. The molecule has 0 saturated heterocycles. The van der Waals surface area contributed by atoms with Crippen LogP contribution in [-0.2, 0) is 9.59 Å². The van der Waals surface area contributed by atoms with Gasteiger partial charge in [0.1, 0.15) is 11.8 Å². The normalized spacial score (nSPS) is 11.7. The first kappa shape index (κ1) is 14.5. The highest BCUT2D eigenvalue weighted by molar-refractivity contribution is 9.10. The van der Waals surface area contributed by atoms with Crippen LogP contribution < -0.4 is 10.1 Å². The number of hydrogen-bond donors (Lipinski definition) is 2. The number of rotatable bonds is 5. The third kappa shape index (κ3) is 4.37. The molecule has 0 heterocycles. The average Bonchev–Trinajstić information content (AvgIpc) is 2.27. The van der Waals surface area contributed by atoms with Gasteiger partial charge in [-0.1, -0.05) is 6.07 Å². The minimum Gasteiger partial charge on any atom is -0.483 e. The molecule has 98 valence electrons. The summed E-state index contributed by atoms with van der Waals surface area (Å²) in [6, 6.07) is 4.54. The van der Waals surface area contributed by atoms with E-state index < -0.39 is 17.9 Å². The van der Waals surface area contributed by atoms with E-state index >= 15 is 0 Å². The molecule has 0 aromatic heterocycles. The van der Waals surface area contributed by atoms with Crippen molar-refractivity contribution in [1.29, 1.82) is 0 Å². The fourth-order valence-corrected chi connectivity index (χ4v) is 1.82. The number of aryl methyl sites for hydroxylation is 1. The number of carboxylic acid groups (broad SMARTS) is 1. The van der Waals surface area contributed by atoms with Crippen LogP contribution in [0.1, 0.15) is 12.5 Å². The quantitative estimate of drug-likeness (QED) is 0.867. The van der Waals surface area contributed by atoms with Crippen LogP contribution >= 0.6 is 15.9 Å². The summed E-state index contributed by atoms with van der Waals surface area (Å²) in [5, 5.41) is 10.9. The van der Waals surface area contributed by atoms with Gasteiger partial charge in [0.25, 0.3) is 5.91 Å². The van der Waals surface area contributed by atoms with Gasteiger partial charge in [-0.3, -0.25) is 9.59 Å². The highest BCUT2D eigenvalue weighted by Gasteiger charge is 2.14. The SMILES string of the molecule is Cc1ccc(OCC(=O)N[C@@H](C)C(=O)O)c(Br)c1. The van der Waals surface area contributed by atoms with E-state index in [4.69, 9.17) is 9.84 Å². The third-order valence-electron chi connectivity index (χ3n) is 2.19. The Morgan fingerprint density at radius 1 is 1.50 bits per heavy atom. The summed E-state index contributed by atoms with van der Waals surface area (Å²) >= 11 is 3.32. The summed E-state index contributed by atoms with van der Waals surface area (Å²) in [6.07, 6.45) is 0. The van der Waals surface area contributed by atoms with Crippen LogP contribution in [0.3, 0.4) is 0 Å². The lowest BCUT2D eigenvalue weighted by Crippen LogP contribution is -2.40. The number of carbonyl (C=O) groups excluding carboxylic acids is 1. The lowest BCUT2D eigenvalue weighted by molar-refractivity contribution is -0.141. The predicted molar refractivity (Wildman–Crippen MR) is 69.6 cm³/mol. The van der Waals surface area contributed by atoms with E-state index in [-0.39, 0.29) is 6.61 Å². The van der Waals surface area contributed by atoms with Crippen molar-refractivity contribution in [1.82, 2.24) is 5.32 Å². The van der Waals surface area contributed by atoms with Gasteiger partial charge < -0.3 is 15.2 Å². The molecule has 1 atom stereocenters. The van der Waals surface area contributed by atoms with Crippen LogP contribution in [0.15, 0.2) is 22.7 Å². The van der Waals surface area contributed by atoms with Crippen molar-refractivity contribution >= 4 is 27.8 Å². The molecule has 5 nitrogen and oxygen atoms in total. The number of carbonyl (C=O) groups is 2. The second-order valence-electron chi connectivity index (χ2n) is 3.85. The van der Waals surface area contributed by atoms with Crippen molar-refractivity contribution in [2.45, 2.75) is 19.9 Å². The van der Waals surface area contributed by atoms with Crippen LogP contribution in [0, 0.1) is 6.92 Å². The first-order chi connectivity index (χ1) is 8.40. The average molecular weight is 316 g/mol. The molecule has 1 aromatic carbocycles. The van der Waals surface area contributed by atoms with Gasteiger partial charge in [-0.05, 0) is 47.5 Å². The molecule has 1 amide bonds. The molecule has 6 heteroatoms. The topological polar surface area (TPSA) is 75.6 Å². The van der Waals surface area contributed by atoms with Gasteiger partial charge in [-0.25, -0.2) is 0 Å². The third-order valence-corrected chi connectivity index (χ3v) is 2.81. The molecule has 0 radical (unpaired) electrons. The molecule has 0 aliphatic rings. The largest absolute Gasteiger partial charge is 0.483 e. The highest BCUT2D eigenvalue weighted by Crippen LogP contribution is 2.25. The number of aliphatic carboxylic acids is 1. The summed E-state index contributed by atoms with van der Waals surface area (Å²) in [7, 11) is 0. The van der Waals surface area contributed by atoms with Crippen molar-refractivity contribution in [2.24, 2.45) is 0 Å². The fourth-order valence-electron chi connectivity index (χ4n) is 1.21.